The number of ether oxygens (including phenoxy) is 1. The molecule has 1 saturated heterocycles. The monoisotopic (exact) mass is 257 g/mol. The second-order valence-corrected chi connectivity index (χ2v) is 5.88. The van der Waals surface area contributed by atoms with Crippen molar-refractivity contribution in [2.75, 3.05) is 6.54 Å². The highest BCUT2D eigenvalue weighted by Gasteiger charge is 2.36. The summed E-state index contributed by atoms with van der Waals surface area (Å²) in [6, 6.07) is -0.430. The van der Waals surface area contributed by atoms with Crippen LogP contribution in [0.15, 0.2) is 0 Å². The van der Waals surface area contributed by atoms with Gasteiger partial charge in [-0.25, -0.2) is 0 Å². The highest BCUT2D eigenvalue weighted by atomic mass is 16.6. The topological polar surface area (TPSA) is 66.8 Å². The number of rotatable bonds is 4. The lowest BCUT2D eigenvalue weighted by atomic mass is 10.1. The SMILES string of the molecule is CC(CC(=O)O)N1CCC[C@H]1C(=O)OC(C)(C)C. The van der Waals surface area contributed by atoms with Crippen molar-refractivity contribution in [3.05, 3.63) is 0 Å². The van der Waals surface area contributed by atoms with Crippen molar-refractivity contribution in [2.45, 2.75) is 64.6 Å². The predicted molar refractivity (Wildman–Crippen MR) is 67.3 cm³/mol. The van der Waals surface area contributed by atoms with E-state index < -0.39 is 11.6 Å². The van der Waals surface area contributed by atoms with Crippen molar-refractivity contribution in [3.8, 4) is 0 Å². The van der Waals surface area contributed by atoms with Crippen molar-refractivity contribution in [1.82, 2.24) is 4.90 Å². The zero-order valence-electron chi connectivity index (χ0n) is 11.6. The number of aliphatic carboxylic acids is 1. The van der Waals surface area contributed by atoms with Gasteiger partial charge in [-0.3, -0.25) is 14.5 Å². The Morgan fingerprint density at radius 3 is 2.56 bits per heavy atom. The molecule has 18 heavy (non-hydrogen) atoms. The maximum atomic E-state index is 12.1. The molecule has 5 nitrogen and oxygen atoms in total. The Morgan fingerprint density at radius 1 is 1.44 bits per heavy atom. The molecule has 0 aliphatic carbocycles. The molecule has 1 rings (SSSR count). The highest BCUT2D eigenvalue weighted by Crippen LogP contribution is 2.24. The largest absolute Gasteiger partial charge is 0.481 e. The van der Waals surface area contributed by atoms with Gasteiger partial charge >= 0.3 is 11.9 Å². The fourth-order valence-corrected chi connectivity index (χ4v) is 2.31. The molecule has 0 spiro atoms. The van der Waals surface area contributed by atoms with Crippen molar-refractivity contribution in [2.24, 2.45) is 0 Å². The third-order valence-corrected chi connectivity index (χ3v) is 3.01. The number of likely N-dealkylation sites (tertiary alicyclic amines) is 1. The molecule has 1 aliphatic rings. The van der Waals surface area contributed by atoms with E-state index in [1.807, 2.05) is 32.6 Å². The molecular weight excluding hydrogens is 234 g/mol. The standard InChI is InChI=1S/C13H23NO4/c1-9(8-11(15)16)14-7-5-6-10(14)12(17)18-13(2,3)4/h9-10H,5-8H2,1-4H3,(H,15,16)/t9?,10-/m0/s1. The predicted octanol–water partition coefficient (Wildman–Crippen LogP) is 1.66. The molecule has 0 aromatic rings. The van der Waals surface area contributed by atoms with Crippen molar-refractivity contribution in [3.63, 3.8) is 0 Å². The summed E-state index contributed by atoms with van der Waals surface area (Å²) in [5.41, 5.74) is -0.499. The molecular formula is C13H23NO4. The first-order chi connectivity index (χ1) is 8.20. The summed E-state index contributed by atoms with van der Waals surface area (Å²) in [5, 5.41) is 8.81. The van der Waals surface area contributed by atoms with E-state index >= 15 is 0 Å². The zero-order valence-corrected chi connectivity index (χ0v) is 11.6. The molecule has 0 aromatic heterocycles. The van der Waals surface area contributed by atoms with E-state index in [1.165, 1.54) is 0 Å². The van der Waals surface area contributed by atoms with E-state index in [0.717, 1.165) is 19.4 Å². The summed E-state index contributed by atoms with van der Waals surface area (Å²) in [4.78, 5) is 24.7. The molecule has 0 radical (unpaired) electrons. The van der Waals surface area contributed by atoms with Crippen LogP contribution < -0.4 is 0 Å². The normalized spacial score (nSPS) is 22.8. The average molecular weight is 257 g/mol. The molecule has 104 valence electrons. The van der Waals surface area contributed by atoms with Crippen molar-refractivity contribution in [1.29, 1.82) is 0 Å². The van der Waals surface area contributed by atoms with Crippen LogP contribution >= 0.6 is 0 Å². The minimum absolute atomic E-state index is 0.0549. The maximum Gasteiger partial charge on any atom is 0.323 e. The van der Waals surface area contributed by atoms with E-state index in [9.17, 15) is 9.59 Å². The average Bonchev–Trinajstić information content (AvgIpc) is 2.61. The zero-order chi connectivity index (χ0) is 13.9. The van der Waals surface area contributed by atoms with Gasteiger partial charge in [-0.05, 0) is 47.1 Å². The Bertz CT molecular complexity index is 321. The van der Waals surface area contributed by atoms with E-state index in [4.69, 9.17) is 9.84 Å². The lowest BCUT2D eigenvalue weighted by Crippen LogP contribution is -2.45. The third-order valence-electron chi connectivity index (χ3n) is 3.01. The van der Waals surface area contributed by atoms with Gasteiger partial charge in [0.2, 0.25) is 0 Å². The van der Waals surface area contributed by atoms with E-state index in [1.54, 1.807) is 0 Å². The quantitative estimate of drug-likeness (QED) is 0.776. The first-order valence-corrected chi connectivity index (χ1v) is 6.41. The van der Waals surface area contributed by atoms with E-state index in [0.29, 0.717) is 0 Å². The number of hydrogen-bond donors (Lipinski definition) is 1. The van der Waals surface area contributed by atoms with Crippen LogP contribution in [0.4, 0.5) is 0 Å². The molecule has 0 bridgehead atoms. The summed E-state index contributed by atoms with van der Waals surface area (Å²) in [6.45, 7) is 8.12. The van der Waals surface area contributed by atoms with Crippen LogP contribution in [0.5, 0.6) is 0 Å². The second-order valence-electron chi connectivity index (χ2n) is 5.88. The molecule has 1 aliphatic heterocycles. The summed E-state index contributed by atoms with van der Waals surface area (Å²) in [7, 11) is 0. The van der Waals surface area contributed by atoms with Crippen LogP contribution in [0.25, 0.3) is 0 Å². The molecule has 1 heterocycles. The minimum Gasteiger partial charge on any atom is -0.481 e. The van der Waals surface area contributed by atoms with Crippen molar-refractivity contribution < 1.29 is 19.4 Å². The first-order valence-electron chi connectivity index (χ1n) is 6.41. The number of carbonyl (C=O) groups is 2. The number of carboxylic acids is 1. The smallest absolute Gasteiger partial charge is 0.323 e. The Kier molecular flexibility index (Phi) is 4.73. The van der Waals surface area contributed by atoms with Crippen LogP contribution in [-0.2, 0) is 14.3 Å². The Hall–Kier alpha value is -1.10. The molecule has 0 saturated carbocycles. The van der Waals surface area contributed by atoms with Gasteiger partial charge < -0.3 is 9.84 Å². The van der Waals surface area contributed by atoms with E-state index in [2.05, 4.69) is 0 Å². The Morgan fingerprint density at radius 2 is 2.06 bits per heavy atom. The number of carbonyl (C=O) groups excluding carboxylic acids is 1. The van der Waals surface area contributed by atoms with Gasteiger partial charge in [0.15, 0.2) is 0 Å². The summed E-state index contributed by atoms with van der Waals surface area (Å²) < 4.78 is 5.38. The van der Waals surface area contributed by atoms with Gasteiger partial charge in [-0.15, -0.1) is 0 Å². The summed E-state index contributed by atoms with van der Waals surface area (Å²) in [5.74, 6) is -1.07. The fourth-order valence-electron chi connectivity index (χ4n) is 2.31. The van der Waals surface area contributed by atoms with Crippen LogP contribution in [0.2, 0.25) is 0 Å². The van der Waals surface area contributed by atoms with Crippen LogP contribution in [0, 0.1) is 0 Å². The number of hydrogen-bond acceptors (Lipinski definition) is 4. The molecule has 0 aromatic carbocycles. The second kappa shape index (κ2) is 5.69. The highest BCUT2D eigenvalue weighted by molar-refractivity contribution is 5.76. The lowest BCUT2D eigenvalue weighted by Gasteiger charge is -2.30. The molecule has 2 atom stereocenters. The van der Waals surface area contributed by atoms with Gasteiger partial charge in [0.25, 0.3) is 0 Å². The van der Waals surface area contributed by atoms with Gasteiger partial charge in [0.1, 0.15) is 11.6 Å². The van der Waals surface area contributed by atoms with Crippen LogP contribution in [0.3, 0.4) is 0 Å². The summed E-state index contributed by atoms with van der Waals surface area (Å²) >= 11 is 0. The Labute approximate surface area is 108 Å². The van der Waals surface area contributed by atoms with Crippen LogP contribution in [0.1, 0.15) is 47.0 Å². The Balaban J connectivity index is 2.64. The van der Waals surface area contributed by atoms with Gasteiger partial charge in [0, 0.05) is 6.04 Å². The number of nitrogens with zero attached hydrogens (tertiary/aromatic N) is 1. The van der Waals surface area contributed by atoms with Crippen LogP contribution in [-0.4, -0.2) is 46.2 Å². The molecule has 0 amide bonds. The maximum absolute atomic E-state index is 12.1. The molecule has 1 fully saturated rings. The number of esters is 1. The van der Waals surface area contributed by atoms with Crippen molar-refractivity contribution >= 4 is 11.9 Å². The number of carboxylic acid groups (broad SMARTS) is 1. The molecule has 5 heteroatoms. The van der Waals surface area contributed by atoms with Gasteiger partial charge in [-0.2, -0.15) is 0 Å². The molecule has 1 N–H and O–H groups in total. The lowest BCUT2D eigenvalue weighted by molar-refractivity contribution is -0.161. The van der Waals surface area contributed by atoms with Gasteiger partial charge in [-0.1, -0.05) is 0 Å². The molecule has 1 unspecified atom stereocenters. The van der Waals surface area contributed by atoms with Gasteiger partial charge in [0.05, 0.1) is 6.42 Å². The van der Waals surface area contributed by atoms with E-state index in [-0.39, 0.29) is 24.5 Å². The third kappa shape index (κ3) is 4.29. The minimum atomic E-state index is -0.836. The fraction of sp³-hybridized carbons (Fsp3) is 0.846. The first kappa shape index (κ1) is 15.0. The summed E-state index contributed by atoms with van der Waals surface area (Å²) in [6.07, 6.45) is 1.71.